The summed E-state index contributed by atoms with van der Waals surface area (Å²) in [7, 11) is 3.09. The number of rotatable bonds is 13. The predicted octanol–water partition coefficient (Wildman–Crippen LogP) is 11.0. The van der Waals surface area contributed by atoms with Gasteiger partial charge < -0.3 is 18.9 Å². The van der Waals surface area contributed by atoms with Crippen LogP contribution in [0.15, 0.2) is 89.9 Å². The number of nitrogens with zero attached hydrogens (tertiary/aromatic N) is 3. The number of pyridine rings is 2. The van der Waals surface area contributed by atoms with Crippen molar-refractivity contribution in [3.63, 3.8) is 0 Å². The Hall–Kier alpha value is -5.50. The molecule has 0 saturated heterocycles. The third kappa shape index (κ3) is 12.7. The molecule has 0 spiro atoms. The minimum absolute atomic E-state index is 0.0359. The fourth-order valence-electron chi connectivity index (χ4n) is 5.57. The number of hydrogen-bond acceptors (Lipinski definition) is 13. The Labute approximate surface area is 356 Å². The third-order valence-corrected chi connectivity index (χ3v) is 10.6. The van der Waals surface area contributed by atoms with Crippen LogP contribution in [0.5, 0.6) is 11.5 Å². The first-order chi connectivity index (χ1) is 27.9. The summed E-state index contributed by atoms with van der Waals surface area (Å²) in [6.07, 6.45) is 0.276. The van der Waals surface area contributed by atoms with E-state index in [0.29, 0.717) is 38.1 Å². The molecular weight excluding hydrogens is 810 g/mol. The lowest BCUT2D eigenvalue weighted by Crippen LogP contribution is -2.24. The number of thiophene rings is 2. The number of methoxy groups -OCH3 is 2. The smallest absolute Gasteiger partial charge is 0.306 e. The molecule has 11 nitrogen and oxygen atoms in total. The van der Waals surface area contributed by atoms with Gasteiger partial charge in [0.25, 0.3) is 0 Å². The Morgan fingerprint density at radius 2 is 1.03 bits per heavy atom. The van der Waals surface area contributed by atoms with Gasteiger partial charge in [-0.05, 0) is 53.7 Å². The Morgan fingerprint density at radius 3 is 1.46 bits per heavy atom. The highest BCUT2D eigenvalue weighted by molar-refractivity contribution is 7.21. The van der Waals surface area contributed by atoms with Crippen molar-refractivity contribution in [2.75, 3.05) is 14.2 Å². The lowest BCUT2D eigenvalue weighted by Gasteiger charge is -2.19. The second-order valence-corrected chi connectivity index (χ2v) is 17.7. The van der Waals surface area contributed by atoms with Gasteiger partial charge in [-0.3, -0.25) is 19.2 Å². The monoisotopic (exact) mass is 855 g/mol. The Morgan fingerprint density at radius 1 is 0.610 bits per heavy atom. The molecule has 0 radical (unpaired) electrons. The molecular formula is C45H46ClN3O8S2. The Kier molecular flexibility index (Phi) is 14.7. The molecule has 308 valence electrons. The molecule has 14 heteroatoms. The van der Waals surface area contributed by atoms with Crippen LogP contribution >= 0.6 is 34.3 Å². The van der Waals surface area contributed by atoms with E-state index in [1.165, 1.54) is 29.8 Å². The van der Waals surface area contributed by atoms with Crippen molar-refractivity contribution in [2.24, 2.45) is 4.99 Å². The van der Waals surface area contributed by atoms with Crippen molar-refractivity contribution in [1.29, 1.82) is 0 Å². The molecule has 0 saturated carbocycles. The van der Waals surface area contributed by atoms with Gasteiger partial charge in [0.05, 0.1) is 63.0 Å². The van der Waals surface area contributed by atoms with Crippen molar-refractivity contribution in [2.45, 2.75) is 78.4 Å². The van der Waals surface area contributed by atoms with Gasteiger partial charge in [0.1, 0.15) is 11.2 Å². The van der Waals surface area contributed by atoms with E-state index in [4.69, 9.17) is 40.5 Å². The number of carbonyl (C=O) groups is 4. The van der Waals surface area contributed by atoms with Gasteiger partial charge in [-0.15, -0.1) is 22.7 Å². The average Bonchev–Trinajstić information content (AvgIpc) is 3.80. The zero-order valence-electron chi connectivity index (χ0n) is 34.2. The maximum atomic E-state index is 12.8. The number of esters is 2. The van der Waals surface area contributed by atoms with E-state index in [2.05, 4.69) is 4.98 Å². The lowest BCUT2D eigenvalue weighted by atomic mass is 10.0. The van der Waals surface area contributed by atoms with E-state index in [0.717, 1.165) is 26.2 Å². The molecule has 4 heterocycles. The molecule has 2 aromatic carbocycles. The summed E-state index contributed by atoms with van der Waals surface area (Å²) in [6.45, 7) is 10.8. The van der Waals surface area contributed by atoms with Gasteiger partial charge >= 0.3 is 11.9 Å². The first-order valence-electron chi connectivity index (χ1n) is 18.7. The van der Waals surface area contributed by atoms with E-state index in [-0.39, 0.29) is 54.3 Å². The van der Waals surface area contributed by atoms with Gasteiger partial charge in [0, 0.05) is 36.1 Å². The number of Topliss-reactive ketones (excluding diaryl/α,β-unsaturated/α-hetero) is 2. The van der Waals surface area contributed by atoms with Crippen LogP contribution in [0.3, 0.4) is 0 Å². The Bertz CT molecular complexity index is 2440. The van der Waals surface area contributed by atoms with E-state index >= 15 is 0 Å². The molecule has 6 rings (SSSR count). The molecule has 59 heavy (non-hydrogen) atoms. The summed E-state index contributed by atoms with van der Waals surface area (Å²) >= 11 is 8.61. The number of hydrogen-bond donors (Lipinski definition) is 0. The fourth-order valence-corrected chi connectivity index (χ4v) is 7.79. The lowest BCUT2D eigenvalue weighted by molar-refractivity contribution is -0.155. The van der Waals surface area contributed by atoms with E-state index in [9.17, 15) is 19.2 Å². The van der Waals surface area contributed by atoms with Crippen LogP contribution in [-0.4, -0.2) is 64.6 Å². The molecule has 0 aliphatic rings. The molecule has 0 unspecified atom stereocenters. The van der Waals surface area contributed by atoms with Crippen LogP contribution < -0.4 is 9.47 Å². The third-order valence-electron chi connectivity index (χ3n) is 8.13. The highest BCUT2D eigenvalue weighted by atomic mass is 35.5. The zero-order valence-corrected chi connectivity index (χ0v) is 36.6. The summed E-state index contributed by atoms with van der Waals surface area (Å²) in [6, 6.07) is 26.8. The quantitative estimate of drug-likeness (QED) is 0.0476. The average molecular weight is 856 g/mol. The predicted molar refractivity (Wildman–Crippen MR) is 234 cm³/mol. The topological polar surface area (TPSA) is 143 Å². The van der Waals surface area contributed by atoms with Crippen LogP contribution in [-0.2, 0) is 19.1 Å². The molecule has 6 aromatic rings. The van der Waals surface area contributed by atoms with E-state index < -0.39 is 11.2 Å². The molecule has 0 amide bonds. The second kappa shape index (κ2) is 19.5. The van der Waals surface area contributed by atoms with Gasteiger partial charge in [-0.25, -0.2) is 15.0 Å². The molecule has 4 aromatic heterocycles. The van der Waals surface area contributed by atoms with Crippen molar-refractivity contribution in [3.8, 4) is 11.5 Å². The van der Waals surface area contributed by atoms with Crippen molar-refractivity contribution in [3.05, 3.63) is 111 Å². The number of aliphatic imine (C=N–C) groups is 1. The van der Waals surface area contributed by atoms with E-state index in [1.807, 2.05) is 66.7 Å². The van der Waals surface area contributed by atoms with Crippen LogP contribution in [0, 0.1) is 0 Å². The number of fused-ring (bicyclic) bond motifs is 2. The van der Waals surface area contributed by atoms with Crippen molar-refractivity contribution in [1.82, 2.24) is 9.97 Å². The number of aromatic nitrogens is 2. The van der Waals surface area contributed by atoms with Crippen LogP contribution in [0.25, 0.3) is 20.4 Å². The van der Waals surface area contributed by atoms with Crippen molar-refractivity contribution >= 4 is 89.7 Å². The molecule has 0 atom stereocenters. The van der Waals surface area contributed by atoms with Gasteiger partial charge in [0.2, 0.25) is 0 Å². The minimum Gasteiger partial charge on any atom is -0.493 e. The number of ketones is 2. The van der Waals surface area contributed by atoms with Gasteiger partial charge in [0.15, 0.2) is 34.0 Å². The molecule has 0 aliphatic heterocycles. The van der Waals surface area contributed by atoms with Gasteiger partial charge in [-0.1, -0.05) is 72.3 Å². The Balaban J connectivity index is 0.000000248. The number of halogens is 1. The maximum Gasteiger partial charge on any atom is 0.306 e. The summed E-state index contributed by atoms with van der Waals surface area (Å²) < 4.78 is 22.9. The minimum atomic E-state index is -0.576. The normalized spacial score (nSPS) is 11.3. The molecule has 0 aliphatic carbocycles. The zero-order chi connectivity index (χ0) is 42.9. The SMILES string of the molecule is COc1cc2sc(C(=O)CCC(=O)OC(C)(C)C)cc2nc1Cl.COc1cc2sc(C(=O)CCC(=O)OC(C)(C)C)cc2nc1N=C(c1ccccc1)c1ccccc1. The maximum absolute atomic E-state index is 12.8. The van der Waals surface area contributed by atoms with Crippen LogP contribution in [0.2, 0.25) is 5.15 Å². The molecule has 0 N–H and O–H groups in total. The second-order valence-electron chi connectivity index (χ2n) is 15.2. The number of benzene rings is 2. The first kappa shape index (κ1) is 44.6. The highest BCUT2D eigenvalue weighted by Gasteiger charge is 2.21. The largest absolute Gasteiger partial charge is 0.493 e. The highest BCUT2D eigenvalue weighted by Crippen LogP contribution is 2.36. The number of ether oxygens (including phenoxy) is 4. The summed E-state index contributed by atoms with van der Waals surface area (Å²) in [5.74, 6) is 0.405. The van der Waals surface area contributed by atoms with E-state index in [1.54, 1.807) is 66.9 Å². The molecule has 0 fully saturated rings. The standard InChI is InChI=1S/C29H28N2O4S.C16H18ClNO4S/c1-29(2,3)35-26(33)16-15-22(32)25-17-21-24(36-25)18-23(34-4)28(30-21)31-27(19-11-7-5-8-12-19)20-13-9-6-10-14-20;1-16(2,3)22-14(20)6-5-10(19)13-7-9-12(23-13)8-11(21-4)15(17)18-9/h5-14,17-18H,15-16H2,1-4H3;7-8H,5-6H2,1-4H3. The number of carbonyl (C=O) groups excluding carboxylic acids is 4. The van der Waals surface area contributed by atoms with Gasteiger partial charge in [-0.2, -0.15) is 0 Å². The van der Waals surface area contributed by atoms with Crippen LogP contribution in [0.1, 0.15) is 97.7 Å². The van der Waals surface area contributed by atoms with Crippen LogP contribution in [0.4, 0.5) is 5.82 Å². The first-order valence-corrected chi connectivity index (χ1v) is 20.8. The summed E-state index contributed by atoms with van der Waals surface area (Å²) in [5.41, 5.74) is 2.85. The fraction of sp³-hybridized carbons (Fsp3) is 0.311. The molecule has 0 bridgehead atoms. The van der Waals surface area contributed by atoms with Crippen molar-refractivity contribution < 1.29 is 38.1 Å². The summed E-state index contributed by atoms with van der Waals surface area (Å²) in [4.78, 5) is 63.6. The summed E-state index contributed by atoms with van der Waals surface area (Å²) in [5, 5.41) is 0.255.